The molecule has 0 radical (unpaired) electrons. The molecule has 3 aromatic rings. The summed E-state index contributed by atoms with van der Waals surface area (Å²) in [6, 6.07) is 12.6. The summed E-state index contributed by atoms with van der Waals surface area (Å²) in [6.07, 6.45) is -0.763. The second-order valence-corrected chi connectivity index (χ2v) is 8.38. The molecule has 1 aromatic heterocycles. The van der Waals surface area contributed by atoms with Gasteiger partial charge < -0.3 is 19.3 Å². The van der Waals surface area contributed by atoms with E-state index in [0.29, 0.717) is 41.4 Å². The average Bonchev–Trinajstić information content (AvgIpc) is 3.33. The van der Waals surface area contributed by atoms with Crippen molar-refractivity contribution in [2.45, 2.75) is 25.7 Å². The largest absolute Gasteiger partial charge is 0.573 e. The van der Waals surface area contributed by atoms with Crippen LogP contribution in [0.5, 0.6) is 11.5 Å². The van der Waals surface area contributed by atoms with E-state index in [9.17, 15) is 18.0 Å². The zero-order valence-corrected chi connectivity index (χ0v) is 18.8. The summed E-state index contributed by atoms with van der Waals surface area (Å²) in [5.74, 6) is 1.36. The van der Waals surface area contributed by atoms with E-state index in [0.717, 1.165) is 31.7 Å². The van der Waals surface area contributed by atoms with Gasteiger partial charge in [-0.2, -0.15) is 0 Å². The predicted octanol–water partition coefficient (Wildman–Crippen LogP) is 4.68. The molecule has 10 heteroatoms. The molecule has 5 rings (SSSR count). The van der Waals surface area contributed by atoms with Crippen LogP contribution in [0.1, 0.15) is 29.0 Å². The van der Waals surface area contributed by atoms with Crippen LogP contribution in [0.15, 0.2) is 54.7 Å². The fraction of sp³-hybridized carbons (Fsp3) is 0.320. The maximum Gasteiger partial charge on any atom is 0.573 e. The highest BCUT2D eigenvalue weighted by Gasteiger charge is 2.31. The van der Waals surface area contributed by atoms with Crippen LogP contribution in [0.3, 0.4) is 0 Å². The van der Waals surface area contributed by atoms with Crippen molar-refractivity contribution in [3.05, 3.63) is 66.1 Å². The Balaban J connectivity index is 1.36. The zero-order chi connectivity index (χ0) is 24.4. The van der Waals surface area contributed by atoms with Gasteiger partial charge in [0.05, 0.1) is 18.7 Å². The Kier molecular flexibility index (Phi) is 6.19. The highest BCUT2D eigenvalue weighted by molar-refractivity contribution is 5.98. The fourth-order valence-corrected chi connectivity index (χ4v) is 4.30. The van der Waals surface area contributed by atoms with Gasteiger partial charge in [-0.3, -0.25) is 4.79 Å². The number of aromatic nitrogens is 2. The summed E-state index contributed by atoms with van der Waals surface area (Å²) < 4.78 is 47.0. The summed E-state index contributed by atoms with van der Waals surface area (Å²) in [7, 11) is 0. The average molecular weight is 484 g/mol. The van der Waals surface area contributed by atoms with E-state index in [1.807, 2.05) is 6.07 Å². The third kappa shape index (κ3) is 5.31. The van der Waals surface area contributed by atoms with Crippen LogP contribution in [-0.4, -0.2) is 53.4 Å². The Morgan fingerprint density at radius 2 is 1.71 bits per heavy atom. The molecule has 1 saturated heterocycles. The van der Waals surface area contributed by atoms with Crippen LogP contribution in [0.4, 0.5) is 19.0 Å². The van der Waals surface area contributed by atoms with Gasteiger partial charge in [0.1, 0.15) is 29.7 Å². The molecule has 0 N–H and O–H groups in total. The van der Waals surface area contributed by atoms with E-state index < -0.39 is 6.36 Å². The SMILES string of the molecule is O=C1c2cc(-c3ccc(OC(F)(F)F)cc3)ccc2OCCN1Cc1nccc(N2CCCC2)n1. The van der Waals surface area contributed by atoms with Crippen molar-refractivity contribution in [2.75, 3.05) is 31.1 Å². The van der Waals surface area contributed by atoms with Crippen LogP contribution in [0.25, 0.3) is 11.1 Å². The zero-order valence-electron chi connectivity index (χ0n) is 18.8. The summed E-state index contributed by atoms with van der Waals surface area (Å²) in [4.78, 5) is 26.3. The molecule has 0 atom stereocenters. The van der Waals surface area contributed by atoms with Crippen LogP contribution >= 0.6 is 0 Å². The number of rotatable bonds is 5. The van der Waals surface area contributed by atoms with Crippen LogP contribution < -0.4 is 14.4 Å². The molecule has 0 spiro atoms. The Bertz CT molecular complexity index is 1210. The molecule has 182 valence electrons. The van der Waals surface area contributed by atoms with Gasteiger partial charge in [-0.25, -0.2) is 9.97 Å². The highest BCUT2D eigenvalue weighted by Crippen LogP contribution is 2.31. The normalized spacial score (nSPS) is 16.0. The molecule has 1 amide bonds. The van der Waals surface area contributed by atoms with Gasteiger partial charge in [-0.1, -0.05) is 18.2 Å². The minimum absolute atomic E-state index is 0.216. The number of ether oxygens (including phenoxy) is 2. The Hall–Kier alpha value is -3.82. The molecule has 2 aliphatic heterocycles. The van der Waals surface area contributed by atoms with Crippen molar-refractivity contribution in [2.24, 2.45) is 0 Å². The summed E-state index contributed by atoms with van der Waals surface area (Å²) in [6.45, 7) is 2.88. The number of hydrogen-bond donors (Lipinski definition) is 0. The van der Waals surface area contributed by atoms with Crippen molar-refractivity contribution < 1.29 is 27.4 Å². The van der Waals surface area contributed by atoms with E-state index >= 15 is 0 Å². The number of nitrogens with zero attached hydrogens (tertiary/aromatic N) is 4. The molecule has 2 aliphatic rings. The smallest absolute Gasteiger partial charge is 0.491 e. The molecule has 0 unspecified atom stereocenters. The molecule has 7 nitrogen and oxygen atoms in total. The van der Waals surface area contributed by atoms with Gasteiger partial charge in [-0.05, 0) is 54.3 Å². The minimum atomic E-state index is -4.75. The lowest BCUT2D eigenvalue weighted by Gasteiger charge is -2.21. The number of anilines is 1. The maximum atomic E-state index is 13.4. The fourth-order valence-electron chi connectivity index (χ4n) is 4.30. The van der Waals surface area contributed by atoms with Gasteiger partial charge in [0, 0.05) is 19.3 Å². The number of amides is 1. The molecular weight excluding hydrogens is 461 g/mol. The van der Waals surface area contributed by atoms with Gasteiger partial charge >= 0.3 is 6.36 Å². The predicted molar refractivity (Wildman–Crippen MR) is 122 cm³/mol. The van der Waals surface area contributed by atoms with Crippen LogP contribution in [0, 0.1) is 0 Å². The Morgan fingerprint density at radius 3 is 2.46 bits per heavy atom. The Morgan fingerprint density at radius 1 is 0.971 bits per heavy atom. The molecule has 3 heterocycles. The first-order valence-corrected chi connectivity index (χ1v) is 11.3. The van der Waals surface area contributed by atoms with Crippen molar-refractivity contribution in [3.8, 4) is 22.6 Å². The molecule has 35 heavy (non-hydrogen) atoms. The molecular formula is C25H23F3N4O3. The van der Waals surface area contributed by atoms with E-state index in [4.69, 9.17) is 4.74 Å². The van der Waals surface area contributed by atoms with Crippen molar-refractivity contribution in [1.29, 1.82) is 0 Å². The van der Waals surface area contributed by atoms with Gasteiger partial charge in [0.25, 0.3) is 5.91 Å². The van der Waals surface area contributed by atoms with E-state index in [1.165, 1.54) is 24.3 Å². The standard InChI is InChI=1S/C25H23F3N4O3/c26-25(27,28)35-19-6-3-17(4-7-19)18-5-8-21-20(15-18)24(33)32(13-14-34-21)16-22-29-10-9-23(30-22)31-11-1-2-12-31/h3-10,15H,1-2,11-14,16H2. The minimum Gasteiger partial charge on any atom is -0.491 e. The molecule has 2 aromatic carbocycles. The maximum absolute atomic E-state index is 13.4. The number of halogens is 3. The second-order valence-electron chi connectivity index (χ2n) is 8.38. The van der Waals surface area contributed by atoms with Crippen molar-refractivity contribution in [3.63, 3.8) is 0 Å². The lowest BCUT2D eigenvalue weighted by Crippen LogP contribution is -2.32. The lowest BCUT2D eigenvalue weighted by atomic mass is 10.0. The number of carbonyl (C=O) groups is 1. The van der Waals surface area contributed by atoms with Crippen molar-refractivity contribution in [1.82, 2.24) is 14.9 Å². The van der Waals surface area contributed by atoms with Gasteiger partial charge in [0.15, 0.2) is 0 Å². The first-order chi connectivity index (χ1) is 16.9. The second kappa shape index (κ2) is 9.44. The first-order valence-electron chi connectivity index (χ1n) is 11.3. The topological polar surface area (TPSA) is 67.8 Å². The molecule has 1 fully saturated rings. The third-order valence-electron chi connectivity index (χ3n) is 5.99. The summed E-state index contributed by atoms with van der Waals surface area (Å²) >= 11 is 0. The highest BCUT2D eigenvalue weighted by atomic mass is 19.4. The third-order valence-corrected chi connectivity index (χ3v) is 5.99. The number of hydrogen-bond acceptors (Lipinski definition) is 6. The quantitative estimate of drug-likeness (QED) is 0.524. The number of alkyl halides is 3. The van der Waals surface area contributed by atoms with Gasteiger partial charge in [0.2, 0.25) is 0 Å². The lowest BCUT2D eigenvalue weighted by molar-refractivity contribution is -0.274. The van der Waals surface area contributed by atoms with Crippen molar-refractivity contribution >= 4 is 11.7 Å². The number of benzene rings is 2. The van der Waals surface area contributed by atoms with E-state index in [1.54, 1.807) is 29.3 Å². The number of fused-ring (bicyclic) bond motifs is 1. The summed E-state index contributed by atoms with van der Waals surface area (Å²) in [5, 5.41) is 0. The van der Waals surface area contributed by atoms with E-state index in [-0.39, 0.29) is 18.2 Å². The Labute approximate surface area is 200 Å². The van der Waals surface area contributed by atoms with Gasteiger partial charge in [-0.15, -0.1) is 13.2 Å². The molecule has 0 saturated carbocycles. The summed E-state index contributed by atoms with van der Waals surface area (Å²) in [5.41, 5.74) is 1.70. The first kappa shape index (κ1) is 22.9. The van der Waals surface area contributed by atoms with Crippen LogP contribution in [-0.2, 0) is 6.54 Å². The van der Waals surface area contributed by atoms with Crippen LogP contribution in [0.2, 0.25) is 0 Å². The molecule has 0 bridgehead atoms. The number of carbonyl (C=O) groups excluding carboxylic acids is 1. The van der Waals surface area contributed by atoms with E-state index in [2.05, 4.69) is 19.6 Å². The monoisotopic (exact) mass is 484 g/mol. The molecule has 0 aliphatic carbocycles.